The van der Waals surface area contributed by atoms with Gasteiger partial charge in [0.05, 0.1) is 0 Å². The van der Waals surface area contributed by atoms with Gasteiger partial charge in [-0.3, -0.25) is 0 Å². The van der Waals surface area contributed by atoms with Gasteiger partial charge >= 0.3 is 0 Å². The first-order valence-corrected chi connectivity index (χ1v) is 8.05. The number of aryl methyl sites for hydroxylation is 1. The fraction of sp³-hybridized carbons (Fsp3) is 0.667. The minimum atomic E-state index is 0.538. The smallest absolute Gasteiger partial charge is 0.00684 e. The molecule has 2 aliphatic carbocycles. The highest BCUT2D eigenvalue weighted by Gasteiger charge is 2.34. The van der Waals surface area contributed by atoms with Gasteiger partial charge in [0.15, 0.2) is 0 Å². The molecule has 0 amide bonds. The highest BCUT2D eigenvalue weighted by Crippen LogP contribution is 2.39. The lowest BCUT2D eigenvalue weighted by atomic mass is 9.70. The Morgan fingerprint density at radius 1 is 1.05 bits per heavy atom. The summed E-state index contributed by atoms with van der Waals surface area (Å²) < 4.78 is 0. The lowest BCUT2D eigenvalue weighted by molar-refractivity contribution is 0.180. The average molecular weight is 257 g/mol. The molecular formula is C18H27N. The maximum Gasteiger partial charge on any atom is 0.00684 e. The zero-order valence-electron chi connectivity index (χ0n) is 12.3. The molecule has 1 aromatic carbocycles. The molecule has 3 rings (SSSR count). The quantitative estimate of drug-likeness (QED) is 0.832. The van der Waals surface area contributed by atoms with Crippen molar-refractivity contribution in [1.82, 2.24) is 5.32 Å². The molecule has 0 aromatic heterocycles. The van der Waals surface area contributed by atoms with Crippen LogP contribution in [0.25, 0.3) is 0 Å². The van der Waals surface area contributed by atoms with Crippen LogP contribution in [-0.4, -0.2) is 12.6 Å². The Hall–Kier alpha value is -0.820. The maximum atomic E-state index is 3.80. The van der Waals surface area contributed by atoms with Crippen LogP contribution in [0.15, 0.2) is 24.3 Å². The van der Waals surface area contributed by atoms with Crippen molar-refractivity contribution >= 4 is 0 Å². The fourth-order valence-electron chi connectivity index (χ4n) is 3.51. The van der Waals surface area contributed by atoms with Gasteiger partial charge in [-0.25, -0.2) is 0 Å². The van der Waals surface area contributed by atoms with Crippen LogP contribution in [0.5, 0.6) is 0 Å². The maximum absolute atomic E-state index is 3.80. The summed E-state index contributed by atoms with van der Waals surface area (Å²) in [4.78, 5) is 0. The van der Waals surface area contributed by atoms with E-state index in [1.807, 2.05) is 0 Å². The zero-order valence-corrected chi connectivity index (χ0v) is 12.3. The summed E-state index contributed by atoms with van der Waals surface area (Å²) in [5, 5.41) is 3.80. The normalized spacial score (nSPS) is 22.4. The molecule has 2 saturated carbocycles. The van der Waals surface area contributed by atoms with Gasteiger partial charge in [0.1, 0.15) is 0 Å². The van der Waals surface area contributed by atoms with Crippen LogP contribution >= 0.6 is 0 Å². The summed E-state index contributed by atoms with van der Waals surface area (Å²) in [5.41, 5.74) is 3.44. The van der Waals surface area contributed by atoms with Gasteiger partial charge in [-0.2, -0.15) is 0 Å². The minimum absolute atomic E-state index is 0.538. The van der Waals surface area contributed by atoms with Gasteiger partial charge in [-0.1, -0.05) is 49.1 Å². The van der Waals surface area contributed by atoms with E-state index in [1.165, 1.54) is 69.0 Å². The minimum Gasteiger partial charge on any atom is -0.313 e. The molecule has 0 atom stereocenters. The van der Waals surface area contributed by atoms with E-state index in [4.69, 9.17) is 0 Å². The van der Waals surface area contributed by atoms with Crippen molar-refractivity contribution in [1.29, 1.82) is 0 Å². The first-order valence-electron chi connectivity index (χ1n) is 8.05. The molecule has 0 heterocycles. The Kier molecular flexibility index (Phi) is 3.93. The summed E-state index contributed by atoms with van der Waals surface area (Å²) in [7, 11) is 0. The predicted octanol–water partition coefficient (Wildman–Crippen LogP) is 4.24. The molecule has 1 heteroatoms. The first-order chi connectivity index (χ1) is 9.26. The largest absolute Gasteiger partial charge is 0.313 e. The Labute approximate surface area is 117 Å². The second-order valence-electron chi connectivity index (χ2n) is 6.88. The topological polar surface area (TPSA) is 12.0 Å². The van der Waals surface area contributed by atoms with Gasteiger partial charge in [0.2, 0.25) is 0 Å². The Morgan fingerprint density at radius 3 is 2.37 bits per heavy atom. The lowest BCUT2D eigenvalue weighted by Gasteiger charge is -2.38. The van der Waals surface area contributed by atoms with Gasteiger partial charge < -0.3 is 5.32 Å². The van der Waals surface area contributed by atoms with Crippen molar-refractivity contribution in [3.63, 3.8) is 0 Å². The molecule has 2 fully saturated rings. The molecular weight excluding hydrogens is 230 g/mol. The molecule has 0 aliphatic heterocycles. The monoisotopic (exact) mass is 257 g/mol. The number of benzene rings is 1. The van der Waals surface area contributed by atoms with Crippen molar-refractivity contribution in [3.8, 4) is 0 Å². The SMILES string of the molecule is Cc1ccc(CC2(CNC3CC3)CCCCC2)cc1. The van der Waals surface area contributed by atoms with E-state index in [-0.39, 0.29) is 0 Å². The molecule has 1 nitrogen and oxygen atoms in total. The second kappa shape index (κ2) is 5.66. The third-order valence-corrected chi connectivity index (χ3v) is 4.96. The first kappa shape index (κ1) is 13.2. The molecule has 0 spiro atoms. The number of hydrogen-bond donors (Lipinski definition) is 1. The van der Waals surface area contributed by atoms with E-state index in [2.05, 4.69) is 36.5 Å². The summed E-state index contributed by atoms with van der Waals surface area (Å²) in [6.07, 6.45) is 11.2. The Morgan fingerprint density at radius 2 is 1.74 bits per heavy atom. The molecule has 0 unspecified atom stereocenters. The molecule has 1 aromatic rings. The number of nitrogens with one attached hydrogen (secondary N) is 1. The predicted molar refractivity (Wildman–Crippen MR) is 81.4 cm³/mol. The summed E-state index contributed by atoms with van der Waals surface area (Å²) in [6.45, 7) is 3.42. The Bertz CT molecular complexity index is 396. The second-order valence-corrected chi connectivity index (χ2v) is 6.88. The highest BCUT2D eigenvalue weighted by molar-refractivity contribution is 5.22. The summed E-state index contributed by atoms with van der Waals surface area (Å²) in [6, 6.07) is 10.0. The van der Waals surface area contributed by atoms with E-state index < -0.39 is 0 Å². The van der Waals surface area contributed by atoms with E-state index in [0.717, 1.165) is 6.04 Å². The van der Waals surface area contributed by atoms with Gasteiger partial charge in [0.25, 0.3) is 0 Å². The van der Waals surface area contributed by atoms with E-state index in [1.54, 1.807) is 0 Å². The summed E-state index contributed by atoms with van der Waals surface area (Å²) in [5.74, 6) is 0. The zero-order chi connectivity index (χ0) is 13.1. The third-order valence-electron chi connectivity index (χ3n) is 4.96. The van der Waals surface area contributed by atoms with Crippen molar-refractivity contribution in [2.45, 2.75) is 64.3 Å². The highest BCUT2D eigenvalue weighted by atomic mass is 15.0. The molecule has 104 valence electrons. The molecule has 1 N–H and O–H groups in total. The lowest BCUT2D eigenvalue weighted by Crippen LogP contribution is -2.38. The average Bonchev–Trinajstić information content (AvgIpc) is 3.25. The third kappa shape index (κ3) is 3.60. The van der Waals surface area contributed by atoms with Crippen LogP contribution in [0.1, 0.15) is 56.1 Å². The Balaban J connectivity index is 1.68. The number of hydrogen-bond acceptors (Lipinski definition) is 1. The van der Waals surface area contributed by atoms with Crippen LogP contribution in [0.3, 0.4) is 0 Å². The van der Waals surface area contributed by atoms with E-state index in [9.17, 15) is 0 Å². The van der Waals surface area contributed by atoms with E-state index >= 15 is 0 Å². The fourth-order valence-corrected chi connectivity index (χ4v) is 3.51. The van der Waals surface area contributed by atoms with Crippen molar-refractivity contribution < 1.29 is 0 Å². The van der Waals surface area contributed by atoms with Gasteiger partial charge in [0, 0.05) is 12.6 Å². The van der Waals surface area contributed by atoms with Gasteiger partial charge in [-0.15, -0.1) is 0 Å². The van der Waals surface area contributed by atoms with E-state index in [0.29, 0.717) is 5.41 Å². The van der Waals surface area contributed by atoms with Crippen molar-refractivity contribution in [2.24, 2.45) is 5.41 Å². The molecule has 2 aliphatic rings. The van der Waals surface area contributed by atoms with Crippen LogP contribution in [-0.2, 0) is 6.42 Å². The van der Waals surface area contributed by atoms with Gasteiger partial charge in [-0.05, 0) is 50.0 Å². The van der Waals surface area contributed by atoms with Crippen LogP contribution < -0.4 is 5.32 Å². The number of rotatable bonds is 5. The molecule has 0 saturated heterocycles. The van der Waals surface area contributed by atoms with Crippen molar-refractivity contribution in [2.75, 3.05) is 6.54 Å². The standard InChI is InChI=1S/C18H27N/c1-15-5-7-16(8-6-15)13-18(11-3-2-4-12-18)14-19-17-9-10-17/h5-8,17,19H,2-4,9-14H2,1H3. The van der Waals surface area contributed by atoms with Crippen LogP contribution in [0, 0.1) is 12.3 Å². The van der Waals surface area contributed by atoms with Crippen LogP contribution in [0.2, 0.25) is 0 Å². The van der Waals surface area contributed by atoms with Crippen molar-refractivity contribution in [3.05, 3.63) is 35.4 Å². The summed E-state index contributed by atoms with van der Waals surface area (Å²) >= 11 is 0. The molecule has 19 heavy (non-hydrogen) atoms. The molecule has 0 radical (unpaired) electrons. The van der Waals surface area contributed by atoms with Crippen LogP contribution in [0.4, 0.5) is 0 Å². The molecule has 0 bridgehead atoms.